The zero-order chi connectivity index (χ0) is 12.0. The summed E-state index contributed by atoms with van der Waals surface area (Å²) in [4.78, 5) is 0.367. The average Bonchev–Trinajstić information content (AvgIpc) is 2.27. The van der Waals surface area contributed by atoms with Gasteiger partial charge in [0.1, 0.15) is 0 Å². The first kappa shape index (κ1) is 13.0. The fourth-order valence-corrected chi connectivity index (χ4v) is 2.78. The van der Waals surface area contributed by atoms with Crippen LogP contribution in [-0.2, 0) is 9.84 Å². The summed E-state index contributed by atoms with van der Waals surface area (Å²) in [5.41, 5.74) is 0.922. The van der Waals surface area contributed by atoms with Gasteiger partial charge >= 0.3 is 0 Å². The number of rotatable bonds is 5. The molecule has 0 amide bonds. The van der Waals surface area contributed by atoms with E-state index in [9.17, 15) is 8.42 Å². The van der Waals surface area contributed by atoms with E-state index >= 15 is 0 Å². The molecule has 0 fully saturated rings. The molecule has 1 aromatic carbocycles. The molecule has 1 rings (SSSR count). The molecular weight excluding hydrogens is 220 g/mol. The maximum absolute atomic E-state index is 11.9. The molecule has 0 unspecified atom stereocenters. The molecule has 0 saturated carbocycles. The Labute approximate surface area is 97.9 Å². The van der Waals surface area contributed by atoms with Crippen molar-refractivity contribution in [2.75, 3.05) is 0 Å². The van der Waals surface area contributed by atoms with Gasteiger partial charge in [0.25, 0.3) is 0 Å². The van der Waals surface area contributed by atoms with Crippen molar-refractivity contribution in [3.8, 4) is 0 Å². The lowest BCUT2D eigenvalue weighted by molar-refractivity contribution is 0.604. The SMILES string of the molecule is CCCC/C(C)=C\S(=O)(=O)c1ccccc1. The van der Waals surface area contributed by atoms with Gasteiger partial charge in [0.05, 0.1) is 4.90 Å². The molecule has 0 saturated heterocycles. The van der Waals surface area contributed by atoms with Gasteiger partial charge in [-0.2, -0.15) is 0 Å². The van der Waals surface area contributed by atoms with Crippen molar-refractivity contribution in [1.82, 2.24) is 0 Å². The number of allylic oxidation sites excluding steroid dienone is 1. The van der Waals surface area contributed by atoms with Gasteiger partial charge in [-0.15, -0.1) is 0 Å². The van der Waals surface area contributed by atoms with E-state index in [0.717, 1.165) is 24.8 Å². The standard InChI is InChI=1S/C13H18O2S/c1-3-4-8-12(2)11-16(14,15)13-9-6-5-7-10-13/h5-7,9-11H,3-4,8H2,1-2H3/b12-11-. The molecule has 16 heavy (non-hydrogen) atoms. The van der Waals surface area contributed by atoms with Crippen LogP contribution in [0.4, 0.5) is 0 Å². The Bertz CT molecular complexity index is 444. The summed E-state index contributed by atoms with van der Waals surface area (Å²) in [6.45, 7) is 3.97. The van der Waals surface area contributed by atoms with Crippen molar-refractivity contribution >= 4 is 9.84 Å². The third-order valence-corrected chi connectivity index (χ3v) is 3.99. The van der Waals surface area contributed by atoms with Crippen LogP contribution in [0.25, 0.3) is 0 Å². The second kappa shape index (κ2) is 5.85. The van der Waals surface area contributed by atoms with Gasteiger partial charge in [0.15, 0.2) is 9.84 Å². The van der Waals surface area contributed by atoms with E-state index in [1.165, 1.54) is 5.41 Å². The predicted octanol–water partition coefficient (Wildman–Crippen LogP) is 3.55. The minimum absolute atomic E-state index is 0.367. The Balaban J connectivity index is 2.88. The minimum atomic E-state index is -3.25. The maximum Gasteiger partial charge on any atom is 0.199 e. The van der Waals surface area contributed by atoms with E-state index in [-0.39, 0.29) is 0 Å². The lowest BCUT2D eigenvalue weighted by Crippen LogP contribution is -1.97. The summed E-state index contributed by atoms with van der Waals surface area (Å²) < 4.78 is 23.9. The first-order valence-electron chi connectivity index (χ1n) is 5.53. The van der Waals surface area contributed by atoms with E-state index < -0.39 is 9.84 Å². The lowest BCUT2D eigenvalue weighted by Gasteiger charge is -2.02. The number of hydrogen-bond acceptors (Lipinski definition) is 2. The van der Waals surface area contributed by atoms with Crippen LogP contribution in [-0.4, -0.2) is 8.42 Å². The summed E-state index contributed by atoms with van der Waals surface area (Å²) in [7, 11) is -3.25. The number of benzene rings is 1. The molecule has 3 heteroatoms. The first-order valence-corrected chi connectivity index (χ1v) is 7.08. The summed E-state index contributed by atoms with van der Waals surface area (Å²) in [5.74, 6) is 0. The van der Waals surface area contributed by atoms with Gasteiger partial charge in [-0.1, -0.05) is 37.1 Å². The van der Waals surface area contributed by atoms with E-state index in [4.69, 9.17) is 0 Å². The third-order valence-electron chi connectivity index (χ3n) is 2.35. The fourth-order valence-electron chi connectivity index (χ4n) is 1.46. The Morgan fingerprint density at radius 1 is 1.25 bits per heavy atom. The second-order valence-electron chi connectivity index (χ2n) is 3.93. The Morgan fingerprint density at radius 3 is 2.44 bits per heavy atom. The van der Waals surface area contributed by atoms with E-state index in [2.05, 4.69) is 6.92 Å². The fraction of sp³-hybridized carbons (Fsp3) is 0.385. The van der Waals surface area contributed by atoms with Crippen LogP contribution in [0.1, 0.15) is 33.1 Å². The van der Waals surface area contributed by atoms with Gasteiger partial charge < -0.3 is 0 Å². The molecule has 88 valence electrons. The molecule has 0 aliphatic carbocycles. The highest BCUT2D eigenvalue weighted by Gasteiger charge is 2.10. The van der Waals surface area contributed by atoms with Crippen LogP contribution in [0, 0.1) is 0 Å². The molecule has 0 aliphatic heterocycles. The lowest BCUT2D eigenvalue weighted by atomic mass is 10.2. The largest absolute Gasteiger partial charge is 0.219 e. The highest BCUT2D eigenvalue weighted by Crippen LogP contribution is 2.15. The molecular formula is C13H18O2S. The van der Waals surface area contributed by atoms with Gasteiger partial charge in [-0.05, 0) is 31.9 Å². The molecule has 0 bridgehead atoms. The monoisotopic (exact) mass is 238 g/mol. The average molecular weight is 238 g/mol. The van der Waals surface area contributed by atoms with Crippen molar-refractivity contribution in [3.63, 3.8) is 0 Å². The van der Waals surface area contributed by atoms with Gasteiger partial charge in [0, 0.05) is 5.41 Å². The second-order valence-corrected chi connectivity index (χ2v) is 5.72. The molecule has 0 aromatic heterocycles. The summed E-state index contributed by atoms with van der Waals surface area (Å²) >= 11 is 0. The van der Waals surface area contributed by atoms with Crippen molar-refractivity contribution in [1.29, 1.82) is 0 Å². The van der Waals surface area contributed by atoms with Gasteiger partial charge in [-0.25, -0.2) is 8.42 Å². The maximum atomic E-state index is 11.9. The summed E-state index contributed by atoms with van der Waals surface area (Å²) in [6.07, 6.45) is 2.96. The van der Waals surface area contributed by atoms with Crippen molar-refractivity contribution in [2.24, 2.45) is 0 Å². The normalized spacial score (nSPS) is 12.8. The van der Waals surface area contributed by atoms with Crippen LogP contribution in [0.5, 0.6) is 0 Å². The quantitative estimate of drug-likeness (QED) is 0.786. The highest BCUT2D eigenvalue weighted by molar-refractivity contribution is 7.94. The number of hydrogen-bond donors (Lipinski definition) is 0. The molecule has 0 aliphatic rings. The smallest absolute Gasteiger partial charge is 0.199 e. The van der Waals surface area contributed by atoms with E-state index in [1.807, 2.05) is 13.0 Å². The molecule has 0 spiro atoms. The molecule has 2 nitrogen and oxygen atoms in total. The topological polar surface area (TPSA) is 34.1 Å². The van der Waals surface area contributed by atoms with Crippen LogP contribution in [0.15, 0.2) is 46.2 Å². The van der Waals surface area contributed by atoms with Crippen molar-refractivity contribution in [3.05, 3.63) is 41.3 Å². The Morgan fingerprint density at radius 2 is 1.88 bits per heavy atom. The zero-order valence-corrected chi connectivity index (χ0v) is 10.6. The van der Waals surface area contributed by atoms with Crippen molar-refractivity contribution in [2.45, 2.75) is 38.0 Å². The first-order chi connectivity index (χ1) is 7.56. The number of unbranched alkanes of at least 4 members (excludes halogenated alkanes) is 1. The molecule has 0 heterocycles. The van der Waals surface area contributed by atoms with Crippen molar-refractivity contribution < 1.29 is 8.42 Å². The van der Waals surface area contributed by atoms with E-state index in [0.29, 0.717) is 4.90 Å². The minimum Gasteiger partial charge on any atom is -0.219 e. The molecule has 0 N–H and O–H groups in total. The molecule has 0 radical (unpaired) electrons. The van der Waals surface area contributed by atoms with Gasteiger partial charge in [-0.3, -0.25) is 0 Å². The van der Waals surface area contributed by atoms with Gasteiger partial charge in [0.2, 0.25) is 0 Å². The van der Waals surface area contributed by atoms with E-state index in [1.54, 1.807) is 24.3 Å². The van der Waals surface area contributed by atoms with Crippen LogP contribution in [0.3, 0.4) is 0 Å². The molecule has 1 aromatic rings. The third kappa shape index (κ3) is 3.81. The Kier molecular flexibility index (Phi) is 4.74. The van der Waals surface area contributed by atoms with Crippen LogP contribution >= 0.6 is 0 Å². The Hall–Kier alpha value is -1.09. The summed E-state index contributed by atoms with van der Waals surface area (Å²) in [5, 5.41) is 1.39. The highest BCUT2D eigenvalue weighted by atomic mass is 32.2. The van der Waals surface area contributed by atoms with Crippen LogP contribution < -0.4 is 0 Å². The number of sulfone groups is 1. The zero-order valence-electron chi connectivity index (χ0n) is 9.81. The predicted molar refractivity (Wildman–Crippen MR) is 66.9 cm³/mol. The van der Waals surface area contributed by atoms with Crippen LogP contribution in [0.2, 0.25) is 0 Å². The summed E-state index contributed by atoms with van der Waals surface area (Å²) in [6, 6.07) is 8.54. The molecule has 0 atom stereocenters.